The summed E-state index contributed by atoms with van der Waals surface area (Å²) in [4.78, 5) is 39.5. The summed E-state index contributed by atoms with van der Waals surface area (Å²) in [6, 6.07) is 9.86. The third-order valence-corrected chi connectivity index (χ3v) is 5.22. The van der Waals surface area contributed by atoms with Crippen LogP contribution in [0, 0.1) is 11.3 Å². The zero-order valence-corrected chi connectivity index (χ0v) is 14.3. The Morgan fingerprint density at radius 1 is 1.12 bits per heavy atom. The molecule has 0 N–H and O–H groups in total. The molecule has 4 rings (SSSR count). The van der Waals surface area contributed by atoms with Gasteiger partial charge in [0.05, 0.1) is 0 Å². The van der Waals surface area contributed by atoms with E-state index in [2.05, 4.69) is 0 Å². The van der Waals surface area contributed by atoms with Crippen molar-refractivity contribution in [2.75, 3.05) is 6.54 Å². The molecule has 1 aromatic carbocycles. The Morgan fingerprint density at radius 3 is 2.65 bits per heavy atom. The van der Waals surface area contributed by atoms with E-state index in [9.17, 15) is 19.6 Å². The number of carbonyl (C=O) groups is 1. The molecule has 2 aromatic rings. The lowest BCUT2D eigenvalue weighted by Crippen LogP contribution is -2.46. The van der Waals surface area contributed by atoms with Crippen LogP contribution in [0.15, 0.2) is 33.9 Å². The number of nitriles is 1. The van der Waals surface area contributed by atoms with E-state index in [1.807, 2.05) is 30.3 Å². The Kier molecular flexibility index (Phi) is 3.96. The van der Waals surface area contributed by atoms with E-state index in [4.69, 9.17) is 0 Å². The van der Waals surface area contributed by atoms with Gasteiger partial charge in [-0.25, -0.2) is 9.36 Å². The lowest BCUT2D eigenvalue weighted by molar-refractivity contribution is -0.132. The normalized spacial score (nSPS) is 15.3. The van der Waals surface area contributed by atoms with Gasteiger partial charge in [0.2, 0.25) is 5.91 Å². The highest BCUT2D eigenvalue weighted by atomic mass is 16.2. The van der Waals surface area contributed by atoms with Gasteiger partial charge in [0.1, 0.15) is 18.2 Å². The van der Waals surface area contributed by atoms with Crippen molar-refractivity contribution in [2.45, 2.75) is 38.9 Å². The van der Waals surface area contributed by atoms with Crippen LogP contribution in [0.1, 0.15) is 28.8 Å². The van der Waals surface area contributed by atoms with Gasteiger partial charge in [-0.05, 0) is 30.4 Å². The molecule has 3 heterocycles. The highest BCUT2D eigenvalue weighted by Gasteiger charge is 2.26. The molecule has 0 radical (unpaired) electrons. The third kappa shape index (κ3) is 2.54. The molecule has 0 unspecified atom stereocenters. The zero-order chi connectivity index (χ0) is 18.3. The first-order valence-electron chi connectivity index (χ1n) is 8.71. The quantitative estimate of drug-likeness (QED) is 0.785. The summed E-state index contributed by atoms with van der Waals surface area (Å²) < 4.78 is 2.37. The van der Waals surface area contributed by atoms with Gasteiger partial charge in [-0.3, -0.25) is 14.2 Å². The van der Waals surface area contributed by atoms with E-state index < -0.39 is 11.2 Å². The summed E-state index contributed by atoms with van der Waals surface area (Å²) in [6.07, 6.45) is 2.03. The number of rotatable bonds is 2. The third-order valence-electron chi connectivity index (χ3n) is 5.22. The first-order chi connectivity index (χ1) is 12.6. The van der Waals surface area contributed by atoms with E-state index >= 15 is 0 Å². The molecule has 7 nitrogen and oxygen atoms in total. The standard InChI is InChI=1S/C19H18N4O3/c20-10-15-16-6-3-8-22(16)19(26)23(18(15)25)12-17(24)21-9-7-13-4-1-2-5-14(13)11-21/h1-2,4-5H,3,6-9,11-12H2. The Bertz CT molecular complexity index is 1060. The molecule has 0 bridgehead atoms. The number of nitrogens with zero attached hydrogens (tertiary/aromatic N) is 4. The minimum absolute atomic E-state index is 0.0149. The Balaban J connectivity index is 1.65. The summed E-state index contributed by atoms with van der Waals surface area (Å²) in [5.41, 5.74) is 1.64. The number of fused-ring (bicyclic) bond motifs is 2. The number of hydrogen-bond acceptors (Lipinski definition) is 4. The molecular formula is C19H18N4O3. The molecule has 1 aromatic heterocycles. The fraction of sp³-hybridized carbons (Fsp3) is 0.368. The highest BCUT2D eigenvalue weighted by Crippen LogP contribution is 2.19. The SMILES string of the molecule is N#Cc1c2n(c(=O)n(CC(=O)N3CCc4ccccc4C3)c1=O)CCC2. The molecule has 0 aliphatic carbocycles. The van der Waals surface area contributed by atoms with E-state index in [1.54, 1.807) is 4.90 Å². The van der Waals surface area contributed by atoms with E-state index in [0.29, 0.717) is 31.7 Å². The van der Waals surface area contributed by atoms with E-state index in [-0.39, 0.29) is 18.0 Å². The summed E-state index contributed by atoms with van der Waals surface area (Å²) in [6.45, 7) is 1.19. The van der Waals surface area contributed by atoms with Gasteiger partial charge in [0.25, 0.3) is 5.56 Å². The molecule has 0 atom stereocenters. The van der Waals surface area contributed by atoms with Crippen molar-refractivity contribution < 1.29 is 4.79 Å². The zero-order valence-electron chi connectivity index (χ0n) is 14.3. The van der Waals surface area contributed by atoms with Gasteiger partial charge in [0, 0.05) is 25.3 Å². The monoisotopic (exact) mass is 350 g/mol. The second-order valence-corrected chi connectivity index (χ2v) is 6.70. The van der Waals surface area contributed by atoms with Crippen LogP contribution >= 0.6 is 0 Å². The van der Waals surface area contributed by atoms with Crippen LogP contribution in [-0.4, -0.2) is 26.5 Å². The van der Waals surface area contributed by atoms with Crippen molar-refractivity contribution in [3.63, 3.8) is 0 Å². The van der Waals surface area contributed by atoms with Gasteiger partial charge in [-0.15, -0.1) is 0 Å². The lowest BCUT2D eigenvalue weighted by atomic mass is 10.00. The van der Waals surface area contributed by atoms with Crippen LogP contribution in [-0.2, 0) is 37.3 Å². The minimum atomic E-state index is -0.656. The highest BCUT2D eigenvalue weighted by molar-refractivity contribution is 5.76. The lowest BCUT2D eigenvalue weighted by Gasteiger charge is -2.29. The summed E-state index contributed by atoms with van der Waals surface area (Å²) >= 11 is 0. The summed E-state index contributed by atoms with van der Waals surface area (Å²) in [5, 5.41) is 9.32. The molecule has 0 saturated carbocycles. The summed E-state index contributed by atoms with van der Waals surface area (Å²) in [5.74, 6) is -0.277. The number of amides is 1. The fourth-order valence-electron chi connectivity index (χ4n) is 3.83. The Hall–Kier alpha value is -3.14. The van der Waals surface area contributed by atoms with Crippen LogP contribution in [0.4, 0.5) is 0 Å². The molecule has 2 aliphatic rings. The molecule has 0 spiro atoms. The molecule has 0 fully saturated rings. The molecule has 1 amide bonds. The molecule has 7 heteroatoms. The van der Waals surface area contributed by atoms with E-state index in [1.165, 1.54) is 10.1 Å². The molecule has 132 valence electrons. The maximum atomic E-state index is 12.7. The van der Waals surface area contributed by atoms with Gasteiger partial charge < -0.3 is 4.90 Å². The Morgan fingerprint density at radius 2 is 1.88 bits per heavy atom. The smallest absolute Gasteiger partial charge is 0.331 e. The van der Waals surface area contributed by atoms with Crippen molar-refractivity contribution >= 4 is 5.91 Å². The predicted molar refractivity (Wildman–Crippen MR) is 93.6 cm³/mol. The average molecular weight is 350 g/mol. The first kappa shape index (κ1) is 16.3. The Labute approximate surface area is 149 Å². The second-order valence-electron chi connectivity index (χ2n) is 6.70. The first-order valence-corrected chi connectivity index (χ1v) is 8.71. The van der Waals surface area contributed by atoms with Crippen molar-refractivity contribution in [2.24, 2.45) is 0 Å². The van der Waals surface area contributed by atoms with Gasteiger partial charge >= 0.3 is 5.69 Å². The molecule has 2 aliphatic heterocycles. The summed E-state index contributed by atoms with van der Waals surface area (Å²) in [7, 11) is 0. The minimum Gasteiger partial charge on any atom is -0.336 e. The van der Waals surface area contributed by atoms with Crippen LogP contribution in [0.5, 0.6) is 0 Å². The number of hydrogen-bond donors (Lipinski definition) is 0. The van der Waals surface area contributed by atoms with Crippen LogP contribution in [0.25, 0.3) is 0 Å². The molecule has 0 saturated heterocycles. The van der Waals surface area contributed by atoms with Crippen molar-refractivity contribution in [3.8, 4) is 6.07 Å². The van der Waals surface area contributed by atoms with Gasteiger partial charge in [0.15, 0.2) is 0 Å². The number of carbonyl (C=O) groups excluding carboxylic acids is 1. The van der Waals surface area contributed by atoms with Crippen molar-refractivity contribution in [1.82, 2.24) is 14.0 Å². The van der Waals surface area contributed by atoms with Crippen LogP contribution in [0.2, 0.25) is 0 Å². The average Bonchev–Trinajstić information content (AvgIpc) is 3.14. The second kappa shape index (κ2) is 6.30. The van der Waals surface area contributed by atoms with Crippen molar-refractivity contribution in [3.05, 3.63) is 67.5 Å². The van der Waals surface area contributed by atoms with Gasteiger partial charge in [-0.1, -0.05) is 24.3 Å². The van der Waals surface area contributed by atoms with Crippen LogP contribution < -0.4 is 11.2 Å². The maximum Gasteiger partial charge on any atom is 0.331 e. The van der Waals surface area contributed by atoms with Crippen molar-refractivity contribution in [1.29, 1.82) is 5.26 Å². The largest absolute Gasteiger partial charge is 0.336 e. The fourth-order valence-corrected chi connectivity index (χ4v) is 3.83. The topological polar surface area (TPSA) is 88.1 Å². The predicted octanol–water partition coefficient (Wildman–Crippen LogP) is 0.413. The molecule has 26 heavy (non-hydrogen) atoms. The van der Waals surface area contributed by atoms with E-state index in [0.717, 1.165) is 23.0 Å². The molecular weight excluding hydrogens is 332 g/mol. The number of benzene rings is 1. The van der Waals surface area contributed by atoms with Crippen LogP contribution in [0.3, 0.4) is 0 Å². The van der Waals surface area contributed by atoms with Gasteiger partial charge in [-0.2, -0.15) is 5.26 Å². The maximum absolute atomic E-state index is 12.7. The number of aromatic nitrogens is 2.